The zero-order chi connectivity index (χ0) is 14.9. The van der Waals surface area contributed by atoms with Crippen LogP contribution in [-0.4, -0.2) is 64.3 Å². The van der Waals surface area contributed by atoms with Gasteiger partial charge in [0.15, 0.2) is 6.29 Å². The second-order valence-electron chi connectivity index (χ2n) is 4.52. The van der Waals surface area contributed by atoms with Crippen LogP contribution < -0.4 is 4.74 Å². The number of aromatic nitrogens is 4. The van der Waals surface area contributed by atoms with Crippen molar-refractivity contribution in [3.05, 3.63) is 23.9 Å². The molecular formula is C13H19N5O3. The molecule has 1 aromatic heterocycles. The lowest BCUT2D eigenvalue weighted by molar-refractivity contribution is -0.109. The fourth-order valence-corrected chi connectivity index (χ4v) is 1.83. The summed E-state index contributed by atoms with van der Waals surface area (Å²) < 4.78 is 10.6. The Morgan fingerprint density at radius 3 is 3.00 bits per heavy atom. The van der Waals surface area contributed by atoms with Gasteiger partial charge < -0.3 is 9.47 Å². The van der Waals surface area contributed by atoms with E-state index in [1.165, 1.54) is 6.33 Å². The van der Waals surface area contributed by atoms with E-state index in [1.807, 2.05) is 0 Å². The molecule has 0 amide bonds. The van der Waals surface area contributed by atoms with Crippen LogP contribution in [0.3, 0.4) is 0 Å². The Hall–Kier alpha value is -2.06. The van der Waals surface area contributed by atoms with Crippen LogP contribution in [0.15, 0.2) is 12.4 Å². The van der Waals surface area contributed by atoms with Crippen LogP contribution in [0.2, 0.25) is 0 Å². The molecule has 0 aliphatic carbocycles. The number of nitrogens with one attached hydrogen (secondary N) is 1. The summed E-state index contributed by atoms with van der Waals surface area (Å²) in [6, 6.07) is 1.70. The highest BCUT2D eigenvalue weighted by molar-refractivity contribution is 5.51. The smallest absolute Gasteiger partial charge is 0.233 e. The summed E-state index contributed by atoms with van der Waals surface area (Å²) in [7, 11) is 0. The zero-order valence-electron chi connectivity index (χ0n) is 12.0. The number of hydrogen-bond donors (Lipinski definition) is 1. The van der Waals surface area contributed by atoms with Crippen molar-refractivity contribution in [1.29, 1.82) is 0 Å². The van der Waals surface area contributed by atoms with Gasteiger partial charge in [-0.2, -0.15) is 0 Å². The quantitative estimate of drug-likeness (QED) is 0.766. The third kappa shape index (κ3) is 5.44. The van der Waals surface area contributed by atoms with Crippen LogP contribution in [-0.2, 0) is 16.1 Å². The Kier molecular flexibility index (Phi) is 6.04. The van der Waals surface area contributed by atoms with Gasteiger partial charge in [0.25, 0.3) is 0 Å². The molecule has 8 heteroatoms. The summed E-state index contributed by atoms with van der Waals surface area (Å²) in [6.07, 6.45) is 2.15. The maximum atomic E-state index is 10.4. The molecule has 1 N–H and O–H groups in total. The number of aldehydes is 1. The van der Waals surface area contributed by atoms with E-state index in [2.05, 4.69) is 25.1 Å². The van der Waals surface area contributed by atoms with Gasteiger partial charge in [-0.15, -0.1) is 5.10 Å². The standard InChI is InChI=1S/C13H19N5O3/c1-11-14-10-15-12(9-18-2-5-20-6-3-18)8-13(17-16-11)21-7-4-19/h4,8,10H,2-3,5-7,9H2,1H3,(H,14,15,16). The van der Waals surface area contributed by atoms with Crippen molar-refractivity contribution in [2.75, 3.05) is 32.9 Å². The molecule has 0 spiro atoms. The van der Waals surface area contributed by atoms with Crippen LogP contribution in [0, 0.1) is 6.92 Å². The minimum absolute atomic E-state index is 0.0538. The van der Waals surface area contributed by atoms with E-state index in [0.29, 0.717) is 24.5 Å². The number of ether oxygens (including phenoxy) is 2. The number of H-pyrrole nitrogens is 1. The predicted octanol–water partition coefficient (Wildman–Crippen LogP) is 0.0424. The third-order valence-electron chi connectivity index (χ3n) is 2.88. The molecule has 0 radical (unpaired) electrons. The molecule has 0 saturated carbocycles. The average Bonchev–Trinajstić information content (AvgIpc) is 2.58. The highest BCUT2D eigenvalue weighted by Crippen LogP contribution is 2.08. The predicted molar refractivity (Wildman–Crippen MR) is 74.2 cm³/mol. The maximum absolute atomic E-state index is 10.4. The summed E-state index contributed by atoms with van der Waals surface area (Å²) >= 11 is 0. The maximum Gasteiger partial charge on any atom is 0.233 e. The average molecular weight is 293 g/mol. The molecule has 2 rings (SSSR count). The molecule has 114 valence electrons. The topological polar surface area (TPSA) is 93.2 Å². The Morgan fingerprint density at radius 1 is 1.43 bits per heavy atom. The van der Waals surface area contributed by atoms with E-state index < -0.39 is 0 Å². The minimum Gasteiger partial charge on any atom is -0.469 e. The summed E-state index contributed by atoms with van der Waals surface area (Å²) in [6.45, 7) is 5.51. The van der Waals surface area contributed by atoms with Gasteiger partial charge in [-0.1, -0.05) is 0 Å². The number of carbonyl (C=O) groups excluding carboxylic acids is 1. The third-order valence-corrected chi connectivity index (χ3v) is 2.88. The lowest BCUT2D eigenvalue weighted by Crippen LogP contribution is -2.35. The molecule has 0 atom stereocenters. The molecule has 1 aromatic rings. The molecule has 1 fully saturated rings. The van der Waals surface area contributed by atoms with Crippen LogP contribution in [0.5, 0.6) is 5.88 Å². The molecule has 8 nitrogen and oxygen atoms in total. The van der Waals surface area contributed by atoms with Crippen LogP contribution >= 0.6 is 0 Å². The number of rotatable bonds is 5. The monoisotopic (exact) mass is 293 g/mol. The second-order valence-corrected chi connectivity index (χ2v) is 4.52. The Balaban J connectivity index is 2.22. The van der Waals surface area contributed by atoms with Gasteiger partial charge in [-0.05, 0) is 6.92 Å². The Labute approximate surface area is 122 Å². The summed E-state index contributed by atoms with van der Waals surface area (Å²) in [5.41, 5.74) is 0.766. The number of morpholine rings is 1. The van der Waals surface area contributed by atoms with Crippen LogP contribution in [0.4, 0.5) is 0 Å². The molecule has 2 heterocycles. The van der Waals surface area contributed by atoms with Gasteiger partial charge in [0.1, 0.15) is 18.8 Å². The van der Waals surface area contributed by atoms with Crippen molar-refractivity contribution in [3.63, 3.8) is 0 Å². The van der Waals surface area contributed by atoms with E-state index in [0.717, 1.165) is 32.0 Å². The number of carbonyl (C=O) groups is 1. The number of hydrogen-bond acceptors (Lipinski definition) is 7. The largest absolute Gasteiger partial charge is 0.469 e. The van der Waals surface area contributed by atoms with E-state index in [4.69, 9.17) is 9.47 Å². The lowest BCUT2D eigenvalue weighted by atomic mass is 10.3. The normalized spacial score (nSPS) is 15.3. The van der Waals surface area contributed by atoms with Crippen molar-refractivity contribution in [2.24, 2.45) is 0 Å². The molecular weight excluding hydrogens is 274 g/mol. The van der Waals surface area contributed by atoms with E-state index >= 15 is 0 Å². The van der Waals surface area contributed by atoms with E-state index in [1.54, 1.807) is 13.0 Å². The molecule has 0 unspecified atom stereocenters. The number of nitrogens with zero attached hydrogens (tertiary/aromatic N) is 4. The Morgan fingerprint density at radius 2 is 2.24 bits per heavy atom. The fraction of sp³-hybridized carbons (Fsp3) is 0.538. The van der Waals surface area contributed by atoms with Crippen molar-refractivity contribution < 1.29 is 14.3 Å². The molecule has 1 aliphatic rings. The van der Waals surface area contributed by atoms with Crippen molar-refractivity contribution in [1.82, 2.24) is 25.1 Å². The summed E-state index contributed by atoms with van der Waals surface area (Å²) in [5, 5.41) is 6.80. The zero-order valence-corrected chi connectivity index (χ0v) is 12.0. The minimum atomic E-state index is -0.0538. The molecule has 21 heavy (non-hydrogen) atoms. The van der Waals surface area contributed by atoms with Crippen molar-refractivity contribution >= 4 is 6.29 Å². The van der Waals surface area contributed by atoms with Gasteiger partial charge in [0.05, 0.1) is 18.9 Å². The first kappa shape index (κ1) is 15.3. The molecule has 1 aliphatic heterocycles. The summed E-state index contributed by atoms with van der Waals surface area (Å²) in [5.74, 6) is 0.894. The van der Waals surface area contributed by atoms with Crippen LogP contribution in [0.1, 0.15) is 11.5 Å². The van der Waals surface area contributed by atoms with E-state index in [9.17, 15) is 4.79 Å². The van der Waals surface area contributed by atoms with Crippen molar-refractivity contribution in [3.8, 4) is 5.88 Å². The fourth-order valence-electron chi connectivity index (χ4n) is 1.83. The summed E-state index contributed by atoms with van der Waals surface area (Å²) in [4.78, 5) is 21.1. The number of aromatic amines is 1. The Bertz CT molecular complexity index is 512. The van der Waals surface area contributed by atoms with Gasteiger partial charge in [-0.25, -0.2) is 9.97 Å². The SMILES string of the molecule is Cc1ncnc(CN2CCOCC2)cc(OCC=O)n[nH]1. The first-order valence-corrected chi connectivity index (χ1v) is 6.75. The van der Waals surface area contributed by atoms with Gasteiger partial charge in [-0.3, -0.25) is 14.8 Å². The highest BCUT2D eigenvalue weighted by atomic mass is 16.5. The highest BCUT2D eigenvalue weighted by Gasteiger charge is 2.11. The van der Waals surface area contributed by atoms with Crippen molar-refractivity contribution in [2.45, 2.75) is 13.5 Å². The number of aryl methyl sites for hydroxylation is 1. The first-order chi connectivity index (χ1) is 10.3. The van der Waals surface area contributed by atoms with Gasteiger partial charge in [0.2, 0.25) is 5.88 Å². The lowest BCUT2D eigenvalue weighted by Gasteiger charge is -2.25. The van der Waals surface area contributed by atoms with Gasteiger partial charge in [0, 0.05) is 25.7 Å². The molecule has 1 saturated heterocycles. The molecule has 0 aromatic carbocycles. The first-order valence-electron chi connectivity index (χ1n) is 6.75. The van der Waals surface area contributed by atoms with E-state index in [-0.39, 0.29) is 6.61 Å². The van der Waals surface area contributed by atoms with Gasteiger partial charge >= 0.3 is 0 Å². The molecule has 0 bridgehead atoms. The van der Waals surface area contributed by atoms with Crippen LogP contribution in [0.25, 0.3) is 0 Å². The second kappa shape index (κ2) is 8.28.